The number of rotatable bonds is 5. The molecule has 0 aromatic heterocycles. The Labute approximate surface area is 155 Å². The minimum absolute atomic E-state index is 0.0271. The Hall–Kier alpha value is -2.10. The Balaban J connectivity index is 1.68. The summed E-state index contributed by atoms with van der Waals surface area (Å²) in [5.74, 6) is 0.615. The number of carboxylic acids is 1. The van der Waals surface area contributed by atoms with Gasteiger partial charge in [-0.3, -0.25) is 4.79 Å². The highest BCUT2D eigenvalue weighted by atomic mass is 16.4. The van der Waals surface area contributed by atoms with Crippen molar-refractivity contribution in [2.45, 2.75) is 51.9 Å². The van der Waals surface area contributed by atoms with E-state index in [9.17, 15) is 14.7 Å². The van der Waals surface area contributed by atoms with Gasteiger partial charge in [0.15, 0.2) is 0 Å². The normalized spacial score (nSPS) is 23.2. The largest absolute Gasteiger partial charge is 0.478 e. The van der Waals surface area contributed by atoms with Crippen molar-refractivity contribution in [3.63, 3.8) is 0 Å². The number of nitrogens with zero attached hydrogens (tertiary/aromatic N) is 1. The molecule has 1 saturated heterocycles. The molecule has 0 radical (unpaired) electrons. The second-order valence-electron chi connectivity index (χ2n) is 8.08. The predicted molar refractivity (Wildman–Crippen MR) is 103 cm³/mol. The van der Waals surface area contributed by atoms with Gasteiger partial charge in [0, 0.05) is 18.7 Å². The summed E-state index contributed by atoms with van der Waals surface area (Å²) >= 11 is 0. The molecule has 2 fully saturated rings. The van der Waals surface area contributed by atoms with Gasteiger partial charge in [-0.2, -0.15) is 0 Å². The van der Waals surface area contributed by atoms with Gasteiger partial charge in [-0.25, -0.2) is 4.79 Å². The zero-order valence-corrected chi connectivity index (χ0v) is 15.8. The summed E-state index contributed by atoms with van der Waals surface area (Å²) in [4.78, 5) is 26.2. The van der Waals surface area contributed by atoms with Gasteiger partial charge < -0.3 is 10.0 Å². The molecule has 26 heavy (non-hydrogen) atoms. The van der Waals surface area contributed by atoms with Crippen LogP contribution in [-0.2, 0) is 9.59 Å². The van der Waals surface area contributed by atoms with Gasteiger partial charge in [0.1, 0.15) is 0 Å². The van der Waals surface area contributed by atoms with E-state index in [1.807, 2.05) is 29.2 Å². The van der Waals surface area contributed by atoms with Crippen LogP contribution in [0.25, 0.3) is 6.08 Å². The molecule has 1 amide bonds. The maximum atomic E-state index is 12.7. The fraction of sp³-hybridized carbons (Fsp3) is 0.545. The summed E-state index contributed by atoms with van der Waals surface area (Å²) in [6, 6.07) is 7.88. The van der Waals surface area contributed by atoms with Crippen LogP contribution < -0.4 is 0 Å². The van der Waals surface area contributed by atoms with Gasteiger partial charge in [-0.1, -0.05) is 51.0 Å². The molecule has 140 valence electrons. The molecule has 1 N–H and O–H groups in total. The second kappa shape index (κ2) is 8.07. The number of likely N-dealkylation sites (tertiary alicyclic amines) is 1. The molecule has 4 heteroatoms. The standard InChI is InChI=1S/C22H29NO3/c1-15(2)17-9-7-16(8-10-17)11-20(22(25)26)12-21(24)23-13-18-5-3-4-6-19(18)14-23/h7-11,15,18-19H,3-6,12-14H2,1-2H3,(H,25,26)/b20-11+. The van der Waals surface area contributed by atoms with E-state index in [-0.39, 0.29) is 17.9 Å². The van der Waals surface area contributed by atoms with Gasteiger partial charge >= 0.3 is 5.97 Å². The number of hydrogen-bond acceptors (Lipinski definition) is 2. The molecule has 0 spiro atoms. The van der Waals surface area contributed by atoms with Crippen LogP contribution in [-0.4, -0.2) is 35.0 Å². The topological polar surface area (TPSA) is 57.6 Å². The monoisotopic (exact) mass is 355 g/mol. The number of hydrogen-bond donors (Lipinski definition) is 1. The van der Waals surface area contributed by atoms with E-state index in [4.69, 9.17) is 0 Å². The number of carbonyl (C=O) groups excluding carboxylic acids is 1. The second-order valence-corrected chi connectivity index (χ2v) is 8.08. The maximum Gasteiger partial charge on any atom is 0.332 e. The highest BCUT2D eigenvalue weighted by Gasteiger charge is 2.36. The highest BCUT2D eigenvalue weighted by Crippen LogP contribution is 2.36. The summed E-state index contributed by atoms with van der Waals surface area (Å²) in [5, 5.41) is 9.54. The smallest absolute Gasteiger partial charge is 0.332 e. The van der Waals surface area contributed by atoms with Gasteiger partial charge in [-0.15, -0.1) is 0 Å². The van der Waals surface area contributed by atoms with Crippen LogP contribution >= 0.6 is 0 Å². The van der Waals surface area contributed by atoms with E-state index < -0.39 is 5.97 Å². The van der Waals surface area contributed by atoms with E-state index in [1.165, 1.54) is 31.2 Å². The first kappa shape index (κ1) is 18.7. The molecule has 1 saturated carbocycles. The molecule has 1 aromatic carbocycles. The third kappa shape index (κ3) is 4.35. The van der Waals surface area contributed by atoms with Crippen LogP contribution in [0.1, 0.15) is 63.0 Å². The van der Waals surface area contributed by atoms with Crippen LogP contribution in [0.4, 0.5) is 0 Å². The number of carboxylic acid groups (broad SMARTS) is 1. The van der Waals surface area contributed by atoms with E-state index in [2.05, 4.69) is 13.8 Å². The molecule has 2 aliphatic rings. The Bertz CT molecular complexity index is 676. The molecule has 1 aromatic rings. The first-order valence-corrected chi connectivity index (χ1v) is 9.75. The van der Waals surface area contributed by atoms with Crippen molar-refractivity contribution in [3.05, 3.63) is 41.0 Å². The molecule has 0 bridgehead atoms. The van der Waals surface area contributed by atoms with Crippen molar-refractivity contribution in [2.75, 3.05) is 13.1 Å². The highest BCUT2D eigenvalue weighted by molar-refractivity contribution is 5.98. The number of aliphatic carboxylic acids is 1. The quantitative estimate of drug-likeness (QED) is 0.801. The predicted octanol–water partition coefficient (Wildman–Crippen LogP) is 4.32. The molecule has 1 heterocycles. The Morgan fingerprint density at radius 1 is 1.12 bits per heavy atom. The Morgan fingerprint density at radius 3 is 2.19 bits per heavy atom. The van der Waals surface area contributed by atoms with Crippen molar-refractivity contribution in [2.24, 2.45) is 11.8 Å². The summed E-state index contributed by atoms with van der Waals surface area (Å²) in [5.41, 5.74) is 2.21. The van der Waals surface area contributed by atoms with Crippen LogP contribution in [0.3, 0.4) is 0 Å². The van der Waals surface area contributed by atoms with Crippen LogP contribution in [0, 0.1) is 11.8 Å². The molecule has 4 nitrogen and oxygen atoms in total. The SMILES string of the molecule is CC(C)c1ccc(/C=C(\CC(=O)N2CC3CCCCC3C2)C(=O)O)cc1. The van der Waals surface area contributed by atoms with Gasteiger partial charge in [0.2, 0.25) is 5.91 Å². The van der Waals surface area contributed by atoms with E-state index in [1.54, 1.807) is 6.08 Å². The molecular weight excluding hydrogens is 326 g/mol. The van der Waals surface area contributed by atoms with Crippen molar-refractivity contribution in [3.8, 4) is 0 Å². The minimum Gasteiger partial charge on any atom is -0.478 e. The molecule has 1 aliphatic heterocycles. The van der Waals surface area contributed by atoms with Gasteiger partial charge in [0.05, 0.1) is 6.42 Å². The molecule has 2 atom stereocenters. The summed E-state index contributed by atoms with van der Waals surface area (Å²) < 4.78 is 0. The lowest BCUT2D eigenvalue weighted by molar-refractivity contribution is -0.136. The van der Waals surface area contributed by atoms with Gasteiger partial charge in [0.25, 0.3) is 0 Å². The first-order valence-electron chi connectivity index (χ1n) is 9.75. The molecule has 3 rings (SSSR count). The number of fused-ring (bicyclic) bond motifs is 1. The van der Waals surface area contributed by atoms with Crippen molar-refractivity contribution in [1.82, 2.24) is 4.90 Å². The maximum absolute atomic E-state index is 12.7. The third-order valence-electron chi connectivity index (χ3n) is 5.89. The van der Waals surface area contributed by atoms with Crippen molar-refractivity contribution in [1.29, 1.82) is 0 Å². The van der Waals surface area contributed by atoms with E-state index in [0.29, 0.717) is 17.8 Å². The number of carbonyl (C=O) groups is 2. The third-order valence-corrected chi connectivity index (χ3v) is 5.89. The van der Waals surface area contributed by atoms with Crippen LogP contribution in [0.15, 0.2) is 29.8 Å². The van der Waals surface area contributed by atoms with E-state index >= 15 is 0 Å². The lowest BCUT2D eigenvalue weighted by atomic mass is 9.82. The zero-order chi connectivity index (χ0) is 18.7. The fourth-order valence-corrected chi connectivity index (χ4v) is 4.25. The van der Waals surface area contributed by atoms with Crippen LogP contribution in [0.2, 0.25) is 0 Å². The Kier molecular flexibility index (Phi) is 5.80. The zero-order valence-electron chi connectivity index (χ0n) is 15.8. The minimum atomic E-state index is -1.01. The molecular formula is C22H29NO3. The summed E-state index contributed by atoms with van der Waals surface area (Å²) in [6.45, 7) is 5.86. The van der Waals surface area contributed by atoms with Crippen molar-refractivity contribution < 1.29 is 14.7 Å². The average Bonchev–Trinajstić information content (AvgIpc) is 3.05. The molecule has 2 unspecified atom stereocenters. The number of amides is 1. The lowest BCUT2D eigenvalue weighted by Crippen LogP contribution is -2.29. The van der Waals surface area contributed by atoms with Gasteiger partial charge in [-0.05, 0) is 47.8 Å². The average molecular weight is 355 g/mol. The number of benzene rings is 1. The van der Waals surface area contributed by atoms with E-state index in [0.717, 1.165) is 18.7 Å². The summed E-state index contributed by atoms with van der Waals surface area (Å²) in [7, 11) is 0. The van der Waals surface area contributed by atoms with Crippen LogP contribution in [0.5, 0.6) is 0 Å². The molecule has 1 aliphatic carbocycles. The Morgan fingerprint density at radius 2 is 1.69 bits per heavy atom. The lowest BCUT2D eigenvalue weighted by Gasteiger charge is -2.22. The first-order chi connectivity index (χ1) is 12.4. The summed E-state index contributed by atoms with van der Waals surface area (Å²) in [6.07, 6.45) is 6.54. The fourth-order valence-electron chi connectivity index (χ4n) is 4.25. The van der Waals surface area contributed by atoms with Crippen molar-refractivity contribution >= 4 is 18.0 Å².